The average Bonchev–Trinajstić information content (AvgIpc) is 3.82. The summed E-state index contributed by atoms with van der Waals surface area (Å²) in [6.45, 7) is 0. The molecule has 0 saturated heterocycles. The highest BCUT2D eigenvalue weighted by Crippen LogP contribution is 2.41. The molecule has 0 unspecified atom stereocenters. The van der Waals surface area contributed by atoms with Gasteiger partial charge in [-0.25, -0.2) is 15.0 Å². The van der Waals surface area contributed by atoms with Gasteiger partial charge in [0.15, 0.2) is 17.5 Å². The number of rotatable bonds is 5. The molecule has 0 aliphatic heterocycles. The van der Waals surface area contributed by atoms with Crippen LogP contribution in [0, 0.1) is 0 Å². The lowest BCUT2D eigenvalue weighted by Gasteiger charge is -2.12. The minimum Gasteiger partial charge on any atom is -0.456 e. The Hall–Kier alpha value is -7.37. The Bertz CT molecular complexity index is 3210. The maximum absolute atomic E-state index is 6.56. The van der Waals surface area contributed by atoms with E-state index in [9.17, 15) is 0 Å². The SMILES string of the molecule is c1ccc(-c2ccc(-c3nc(-c4cccc5oc6ccccc6c45)nc(-c4cc(-c5ccc6ccccc6c5)cc5oc6ccccc6c45)n3)cc2)cc1. The highest BCUT2D eigenvalue weighted by molar-refractivity contribution is 6.14. The van der Waals surface area contributed by atoms with Crippen LogP contribution in [-0.2, 0) is 0 Å². The molecule has 0 radical (unpaired) electrons. The van der Waals surface area contributed by atoms with Gasteiger partial charge < -0.3 is 8.83 Å². The summed E-state index contributed by atoms with van der Waals surface area (Å²) in [4.78, 5) is 15.8. The quantitative estimate of drug-likeness (QED) is 0.180. The molecule has 0 bridgehead atoms. The fourth-order valence-corrected chi connectivity index (χ4v) is 7.72. The third-order valence-corrected chi connectivity index (χ3v) is 10.3. The summed E-state index contributed by atoms with van der Waals surface area (Å²) < 4.78 is 12.9. The Labute approximate surface area is 309 Å². The molecular formula is C49H29N3O2. The Kier molecular flexibility index (Phi) is 6.79. The van der Waals surface area contributed by atoms with E-state index in [2.05, 4.69) is 121 Å². The van der Waals surface area contributed by atoms with E-state index < -0.39 is 0 Å². The molecule has 252 valence electrons. The number of para-hydroxylation sites is 2. The van der Waals surface area contributed by atoms with E-state index in [0.29, 0.717) is 17.5 Å². The van der Waals surface area contributed by atoms with Gasteiger partial charge >= 0.3 is 0 Å². The van der Waals surface area contributed by atoms with Crippen molar-refractivity contribution >= 4 is 54.6 Å². The second-order valence-corrected chi connectivity index (χ2v) is 13.6. The van der Waals surface area contributed by atoms with Crippen LogP contribution in [0.25, 0.3) is 111 Å². The van der Waals surface area contributed by atoms with Crippen LogP contribution >= 0.6 is 0 Å². The lowest BCUT2D eigenvalue weighted by atomic mass is 9.96. The molecule has 0 fully saturated rings. The van der Waals surface area contributed by atoms with Crippen LogP contribution in [0.4, 0.5) is 0 Å². The predicted octanol–water partition coefficient (Wildman–Crippen LogP) is 13.2. The minimum absolute atomic E-state index is 0.561. The summed E-state index contributed by atoms with van der Waals surface area (Å²) in [7, 11) is 0. The Balaban J connectivity index is 1.19. The largest absolute Gasteiger partial charge is 0.456 e. The Morgan fingerprint density at radius 2 is 0.852 bits per heavy atom. The number of fused-ring (bicyclic) bond motifs is 7. The van der Waals surface area contributed by atoms with Gasteiger partial charge in [-0.15, -0.1) is 0 Å². The first-order chi connectivity index (χ1) is 26.7. The van der Waals surface area contributed by atoms with Gasteiger partial charge in [-0.05, 0) is 69.4 Å². The first-order valence-corrected chi connectivity index (χ1v) is 18.0. The van der Waals surface area contributed by atoms with Gasteiger partial charge in [0.2, 0.25) is 0 Å². The molecule has 3 heterocycles. The summed E-state index contributed by atoms with van der Waals surface area (Å²) in [5.41, 5.74) is 10.2. The zero-order valence-corrected chi connectivity index (χ0v) is 28.9. The van der Waals surface area contributed by atoms with Crippen molar-refractivity contribution in [1.82, 2.24) is 15.0 Å². The van der Waals surface area contributed by atoms with Gasteiger partial charge in [-0.3, -0.25) is 0 Å². The summed E-state index contributed by atoms with van der Waals surface area (Å²) in [6.07, 6.45) is 0. The van der Waals surface area contributed by atoms with Crippen LogP contribution in [0.5, 0.6) is 0 Å². The van der Waals surface area contributed by atoms with Gasteiger partial charge in [0, 0.05) is 38.2 Å². The third-order valence-electron chi connectivity index (χ3n) is 10.3. The first kappa shape index (κ1) is 30.3. The van der Waals surface area contributed by atoms with E-state index in [4.69, 9.17) is 23.8 Å². The molecule has 11 aromatic rings. The second kappa shape index (κ2) is 12.1. The van der Waals surface area contributed by atoms with E-state index in [0.717, 1.165) is 82.8 Å². The molecule has 0 amide bonds. The summed E-state index contributed by atoms with van der Waals surface area (Å²) >= 11 is 0. The van der Waals surface area contributed by atoms with Crippen molar-refractivity contribution in [3.05, 3.63) is 176 Å². The Morgan fingerprint density at radius 1 is 0.296 bits per heavy atom. The third kappa shape index (κ3) is 4.98. The zero-order chi connectivity index (χ0) is 35.6. The lowest BCUT2D eigenvalue weighted by molar-refractivity contribution is 0.668. The molecule has 0 aliphatic rings. The number of nitrogens with zero attached hydrogens (tertiary/aromatic N) is 3. The van der Waals surface area contributed by atoms with Crippen molar-refractivity contribution in [3.8, 4) is 56.4 Å². The van der Waals surface area contributed by atoms with Crippen molar-refractivity contribution < 1.29 is 8.83 Å². The van der Waals surface area contributed by atoms with E-state index in [1.165, 1.54) is 10.8 Å². The zero-order valence-electron chi connectivity index (χ0n) is 28.9. The molecule has 0 saturated carbocycles. The van der Waals surface area contributed by atoms with Crippen molar-refractivity contribution in [2.75, 3.05) is 0 Å². The minimum atomic E-state index is 0.561. The Morgan fingerprint density at radius 3 is 1.63 bits per heavy atom. The molecule has 0 spiro atoms. The maximum atomic E-state index is 6.56. The molecule has 0 N–H and O–H groups in total. The molecule has 54 heavy (non-hydrogen) atoms. The second-order valence-electron chi connectivity index (χ2n) is 13.6. The highest BCUT2D eigenvalue weighted by atomic mass is 16.3. The number of furan rings is 2. The molecule has 8 aromatic carbocycles. The van der Waals surface area contributed by atoms with E-state index >= 15 is 0 Å². The van der Waals surface area contributed by atoms with Crippen LogP contribution in [0.2, 0.25) is 0 Å². The van der Waals surface area contributed by atoms with Gasteiger partial charge in [0.05, 0.1) is 0 Å². The summed E-state index contributed by atoms with van der Waals surface area (Å²) in [5.74, 6) is 1.71. The van der Waals surface area contributed by atoms with Crippen LogP contribution in [0.3, 0.4) is 0 Å². The van der Waals surface area contributed by atoms with E-state index in [1.807, 2.05) is 54.6 Å². The van der Waals surface area contributed by atoms with Crippen LogP contribution in [0.1, 0.15) is 0 Å². The highest BCUT2D eigenvalue weighted by Gasteiger charge is 2.21. The number of hydrogen-bond donors (Lipinski definition) is 0. The van der Waals surface area contributed by atoms with E-state index in [1.54, 1.807) is 0 Å². The summed E-state index contributed by atoms with van der Waals surface area (Å²) in [5, 5.41) is 6.32. The fraction of sp³-hybridized carbons (Fsp3) is 0. The van der Waals surface area contributed by atoms with Crippen molar-refractivity contribution in [1.29, 1.82) is 0 Å². The smallest absolute Gasteiger partial charge is 0.164 e. The van der Waals surface area contributed by atoms with Crippen LogP contribution in [-0.4, -0.2) is 15.0 Å². The van der Waals surface area contributed by atoms with Gasteiger partial charge in [0.25, 0.3) is 0 Å². The molecule has 11 rings (SSSR count). The lowest BCUT2D eigenvalue weighted by Crippen LogP contribution is -2.01. The molecular weight excluding hydrogens is 663 g/mol. The van der Waals surface area contributed by atoms with Gasteiger partial charge in [-0.1, -0.05) is 140 Å². The molecule has 0 aliphatic carbocycles. The predicted molar refractivity (Wildman–Crippen MR) is 219 cm³/mol. The van der Waals surface area contributed by atoms with E-state index in [-0.39, 0.29) is 0 Å². The molecule has 3 aromatic heterocycles. The molecule has 5 heteroatoms. The monoisotopic (exact) mass is 691 g/mol. The fourth-order valence-electron chi connectivity index (χ4n) is 7.72. The number of aromatic nitrogens is 3. The van der Waals surface area contributed by atoms with Gasteiger partial charge in [-0.2, -0.15) is 0 Å². The normalized spacial score (nSPS) is 11.7. The average molecular weight is 692 g/mol. The molecule has 5 nitrogen and oxygen atoms in total. The van der Waals surface area contributed by atoms with Crippen LogP contribution in [0.15, 0.2) is 185 Å². The maximum Gasteiger partial charge on any atom is 0.164 e. The van der Waals surface area contributed by atoms with Crippen molar-refractivity contribution in [2.45, 2.75) is 0 Å². The van der Waals surface area contributed by atoms with Gasteiger partial charge in [0.1, 0.15) is 22.3 Å². The number of hydrogen-bond acceptors (Lipinski definition) is 5. The molecule has 0 atom stereocenters. The number of benzene rings is 8. The standard InChI is InChI=1S/C49H29N3O2/c1-2-11-30(12-3-1)32-21-24-33(25-22-32)47-50-48(39-17-10-20-43-45(39)37-15-6-8-18-41(37)53-43)52-49(51-47)40-28-36(35-26-23-31-13-4-5-14-34(31)27-35)29-44-46(40)38-16-7-9-19-42(38)54-44/h1-29H. The first-order valence-electron chi connectivity index (χ1n) is 18.0. The topological polar surface area (TPSA) is 65.0 Å². The van der Waals surface area contributed by atoms with Crippen molar-refractivity contribution in [2.24, 2.45) is 0 Å². The van der Waals surface area contributed by atoms with Crippen molar-refractivity contribution in [3.63, 3.8) is 0 Å². The van der Waals surface area contributed by atoms with Crippen LogP contribution < -0.4 is 0 Å². The summed E-state index contributed by atoms with van der Waals surface area (Å²) in [6, 6.07) is 60.5.